The van der Waals surface area contributed by atoms with E-state index in [2.05, 4.69) is 29.2 Å². The van der Waals surface area contributed by atoms with Crippen LogP contribution in [0, 0.1) is 0 Å². The average Bonchev–Trinajstić information content (AvgIpc) is 2.30. The van der Waals surface area contributed by atoms with Crippen molar-refractivity contribution in [2.45, 2.75) is 31.3 Å². The van der Waals surface area contributed by atoms with Crippen molar-refractivity contribution in [2.24, 2.45) is 0 Å². The molecule has 2 N–H and O–H groups in total. The second-order valence-electron chi connectivity index (χ2n) is 4.98. The van der Waals surface area contributed by atoms with E-state index in [-0.39, 0.29) is 0 Å². The molecular formula is C12H25N3O2. The summed E-state index contributed by atoms with van der Waals surface area (Å²) in [6.45, 7) is 3.12. The van der Waals surface area contributed by atoms with E-state index < -0.39 is 12.0 Å². The fourth-order valence-electron chi connectivity index (χ4n) is 2.34. The number of piperidine rings is 1. The van der Waals surface area contributed by atoms with Crippen LogP contribution in [0.2, 0.25) is 0 Å². The second-order valence-corrected chi connectivity index (χ2v) is 4.98. The molecule has 1 atom stereocenters. The summed E-state index contributed by atoms with van der Waals surface area (Å²) in [5, 5.41) is 11.8. The number of aliphatic carboxylic acids is 1. The van der Waals surface area contributed by atoms with Gasteiger partial charge in [0.05, 0.1) is 0 Å². The monoisotopic (exact) mass is 243 g/mol. The zero-order chi connectivity index (χ0) is 12.8. The lowest BCUT2D eigenvalue weighted by Crippen LogP contribution is -2.44. The van der Waals surface area contributed by atoms with Gasteiger partial charge in [0.1, 0.15) is 6.04 Å². The molecule has 1 rings (SSSR count). The molecule has 1 heterocycles. The van der Waals surface area contributed by atoms with Crippen molar-refractivity contribution >= 4 is 5.97 Å². The van der Waals surface area contributed by atoms with Gasteiger partial charge in [-0.2, -0.15) is 0 Å². The van der Waals surface area contributed by atoms with Crippen molar-refractivity contribution in [3.05, 3.63) is 0 Å². The van der Waals surface area contributed by atoms with Gasteiger partial charge in [0, 0.05) is 12.6 Å². The lowest BCUT2D eigenvalue weighted by Gasteiger charge is -2.35. The summed E-state index contributed by atoms with van der Waals surface area (Å²) < 4.78 is 0. The first-order chi connectivity index (χ1) is 8.04. The molecular weight excluding hydrogens is 218 g/mol. The van der Waals surface area contributed by atoms with Gasteiger partial charge in [-0.3, -0.25) is 4.79 Å². The first kappa shape index (κ1) is 14.4. The van der Waals surface area contributed by atoms with Crippen LogP contribution in [0.25, 0.3) is 0 Å². The van der Waals surface area contributed by atoms with Gasteiger partial charge in [-0.25, -0.2) is 0 Å². The molecule has 1 aliphatic rings. The third-order valence-corrected chi connectivity index (χ3v) is 3.73. The van der Waals surface area contributed by atoms with Crippen molar-refractivity contribution in [1.29, 1.82) is 0 Å². The topological polar surface area (TPSA) is 55.8 Å². The highest BCUT2D eigenvalue weighted by Gasteiger charge is 2.22. The van der Waals surface area contributed by atoms with Gasteiger partial charge in [0.2, 0.25) is 0 Å². The van der Waals surface area contributed by atoms with Crippen LogP contribution < -0.4 is 5.32 Å². The van der Waals surface area contributed by atoms with E-state index in [9.17, 15) is 4.79 Å². The SMILES string of the molecule is CNC(CCN(C)C1CCN(C)CC1)C(=O)O. The van der Waals surface area contributed by atoms with E-state index in [1.165, 1.54) is 12.8 Å². The van der Waals surface area contributed by atoms with Crippen molar-refractivity contribution < 1.29 is 9.90 Å². The number of hydrogen-bond donors (Lipinski definition) is 2. The van der Waals surface area contributed by atoms with Crippen molar-refractivity contribution in [1.82, 2.24) is 15.1 Å². The maximum atomic E-state index is 10.9. The minimum Gasteiger partial charge on any atom is -0.480 e. The Bertz CT molecular complexity index is 240. The molecule has 0 aromatic heterocycles. The van der Waals surface area contributed by atoms with Crippen LogP contribution in [0.1, 0.15) is 19.3 Å². The van der Waals surface area contributed by atoms with Crippen LogP contribution >= 0.6 is 0 Å². The van der Waals surface area contributed by atoms with Crippen molar-refractivity contribution in [3.8, 4) is 0 Å². The Balaban J connectivity index is 2.29. The Morgan fingerprint density at radius 1 is 1.53 bits per heavy atom. The van der Waals surface area contributed by atoms with Crippen molar-refractivity contribution in [3.63, 3.8) is 0 Å². The highest BCUT2D eigenvalue weighted by Crippen LogP contribution is 2.14. The molecule has 0 amide bonds. The molecule has 1 saturated heterocycles. The highest BCUT2D eigenvalue weighted by molar-refractivity contribution is 5.73. The summed E-state index contributed by atoms with van der Waals surface area (Å²) in [5.74, 6) is -0.760. The molecule has 0 aromatic rings. The number of nitrogens with zero attached hydrogens (tertiary/aromatic N) is 2. The first-order valence-electron chi connectivity index (χ1n) is 6.33. The number of hydrogen-bond acceptors (Lipinski definition) is 4. The quantitative estimate of drug-likeness (QED) is 0.692. The fourth-order valence-corrected chi connectivity index (χ4v) is 2.34. The number of carbonyl (C=O) groups is 1. The Morgan fingerprint density at radius 3 is 2.59 bits per heavy atom. The summed E-state index contributed by atoms with van der Waals surface area (Å²) in [6, 6.07) is 0.182. The normalized spacial score (nSPS) is 20.7. The van der Waals surface area contributed by atoms with Crippen LogP contribution in [0.5, 0.6) is 0 Å². The Morgan fingerprint density at radius 2 is 2.12 bits per heavy atom. The molecule has 0 aliphatic carbocycles. The van der Waals surface area contributed by atoms with Gasteiger partial charge in [-0.05, 0) is 53.5 Å². The molecule has 0 spiro atoms. The zero-order valence-corrected chi connectivity index (χ0v) is 11.1. The van der Waals surface area contributed by atoms with E-state index in [1.807, 2.05) is 0 Å². The van der Waals surface area contributed by atoms with E-state index in [4.69, 9.17) is 5.11 Å². The summed E-state index contributed by atoms with van der Waals surface area (Å²) in [7, 11) is 5.95. The maximum Gasteiger partial charge on any atom is 0.320 e. The number of rotatable bonds is 6. The standard InChI is InChI=1S/C12H25N3O2/c1-13-11(12(16)17)6-9-15(3)10-4-7-14(2)8-5-10/h10-11,13H,4-9H2,1-3H3,(H,16,17). The van der Waals surface area contributed by atoms with Gasteiger partial charge in [-0.1, -0.05) is 0 Å². The molecule has 0 bridgehead atoms. The van der Waals surface area contributed by atoms with Gasteiger partial charge >= 0.3 is 5.97 Å². The van der Waals surface area contributed by atoms with Gasteiger partial charge < -0.3 is 20.2 Å². The van der Waals surface area contributed by atoms with Gasteiger partial charge in [-0.15, -0.1) is 0 Å². The van der Waals surface area contributed by atoms with Crippen molar-refractivity contribution in [2.75, 3.05) is 40.8 Å². The lowest BCUT2D eigenvalue weighted by molar-refractivity contribution is -0.139. The molecule has 17 heavy (non-hydrogen) atoms. The lowest BCUT2D eigenvalue weighted by atomic mass is 10.0. The van der Waals surface area contributed by atoms with E-state index in [1.54, 1.807) is 7.05 Å². The Hall–Kier alpha value is -0.650. The molecule has 1 unspecified atom stereocenters. The highest BCUT2D eigenvalue weighted by atomic mass is 16.4. The molecule has 0 saturated carbocycles. The van der Waals surface area contributed by atoms with Crippen LogP contribution in [0.15, 0.2) is 0 Å². The Labute approximate surface area is 104 Å². The summed E-state index contributed by atoms with van der Waals surface area (Å²) >= 11 is 0. The largest absolute Gasteiger partial charge is 0.480 e. The third kappa shape index (κ3) is 4.61. The summed E-state index contributed by atoms with van der Waals surface area (Å²) in [4.78, 5) is 15.5. The molecule has 5 nitrogen and oxygen atoms in total. The van der Waals surface area contributed by atoms with E-state index >= 15 is 0 Å². The zero-order valence-electron chi connectivity index (χ0n) is 11.1. The number of carboxylic acid groups (broad SMARTS) is 1. The molecule has 1 aliphatic heterocycles. The predicted octanol–water partition coefficient (Wildman–Crippen LogP) is 0.0751. The average molecular weight is 243 g/mol. The van der Waals surface area contributed by atoms with Gasteiger partial charge in [0.25, 0.3) is 0 Å². The Kier molecular flexibility index (Phi) is 5.88. The van der Waals surface area contributed by atoms with Crippen LogP contribution in [0.3, 0.4) is 0 Å². The molecule has 0 radical (unpaired) electrons. The van der Waals surface area contributed by atoms with Gasteiger partial charge in [0.15, 0.2) is 0 Å². The van der Waals surface area contributed by atoms with Crippen LogP contribution in [-0.4, -0.2) is 73.7 Å². The van der Waals surface area contributed by atoms with Crippen LogP contribution in [-0.2, 0) is 4.79 Å². The number of likely N-dealkylation sites (tertiary alicyclic amines) is 1. The maximum absolute atomic E-state index is 10.9. The van der Waals surface area contributed by atoms with E-state index in [0.717, 1.165) is 19.6 Å². The predicted molar refractivity (Wildman–Crippen MR) is 68.2 cm³/mol. The van der Waals surface area contributed by atoms with E-state index in [0.29, 0.717) is 12.5 Å². The summed E-state index contributed by atoms with van der Waals surface area (Å²) in [6.07, 6.45) is 3.03. The van der Waals surface area contributed by atoms with Crippen LogP contribution in [0.4, 0.5) is 0 Å². The smallest absolute Gasteiger partial charge is 0.320 e. The summed E-state index contributed by atoms with van der Waals surface area (Å²) in [5.41, 5.74) is 0. The molecule has 0 aromatic carbocycles. The molecule has 5 heteroatoms. The second kappa shape index (κ2) is 6.93. The number of carboxylic acids is 1. The minimum atomic E-state index is -0.760. The molecule has 100 valence electrons. The third-order valence-electron chi connectivity index (χ3n) is 3.73. The molecule has 1 fully saturated rings. The number of likely N-dealkylation sites (N-methyl/N-ethyl adjacent to an activating group) is 1. The fraction of sp³-hybridized carbons (Fsp3) is 0.917. The number of nitrogens with one attached hydrogen (secondary N) is 1. The first-order valence-corrected chi connectivity index (χ1v) is 6.33. The minimum absolute atomic E-state index is 0.427.